The first-order valence-corrected chi connectivity index (χ1v) is 11.6. The molecule has 0 bridgehead atoms. The zero-order valence-electron chi connectivity index (χ0n) is 17.0. The molecule has 6 heteroatoms. The van der Waals surface area contributed by atoms with Crippen molar-refractivity contribution in [2.75, 3.05) is 19.6 Å². The molecule has 0 radical (unpaired) electrons. The third-order valence-electron chi connectivity index (χ3n) is 6.07. The lowest BCUT2D eigenvalue weighted by molar-refractivity contribution is -0.136. The number of aryl methyl sites for hydroxylation is 3. The second-order valence-corrected chi connectivity index (χ2v) is 10.0. The fourth-order valence-corrected chi connectivity index (χ4v) is 6.84. The van der Waals surface area contributed by atoms with Crippen LogP contribution in [0.1, 0.15) is 55.7 Å². The standard InChI is InChI=1S/C21H32N2O3S/c1-5-18-8-6-10-22(14-18)21(24)19-9-7-11-23(19)27(25,26)20-16(3)12-15(2)13-17(20)4/h12-13,18-19H,5-11,14H2,1-4H3. The summed E-state index contributed by atoms with van der Waals surface area (Å²) in [6.07, 6.45) is 4.60. The van der Waals surface area contributed by atoms with Crippen molar-refractivity contribution in [2.24, 2.45) is 5.92 Å². The molecule has 2 saturated heterocycles. The molecule has 0 aromatic heterocycles. The number of hydrogen-bond acceptors (Lipinski definition) is 3. The summed E-state index contributed by atoms with van der Waals surface area (Å²) in [7, 11) is -3.68. The molecule has 2 atom stereocenters. The number of piperidine rings is 1. The van der Waals surface area contributed by atoms with Gasteiger partial charge in [0.1, 0.15) is 6.04 Å². The van der Waals surface area contributed by atoms with Crippen molar-refractivity contribution in [1.82, 2.24) is 9.21 Å². The van der Waals surface area contributed by atoms with Crippen LogP contribution in [0.25, 0.3) is 0 Å². The maximum absolute atomic E-state index is 13.5. The van der Waals surface area contributed by atoms with Crippen LogP contribution in [0.3, 0.4) is 0 Å². The SMILES string of the molecule is CCC1CCCN(C(=O)C2CCCN2S(=O)(=O)c2c(C)cc(C)cc2C)C1. The molecule has 0 aliphatic carbocycles. The Kier molecular flexibility index (Phi) is 5.96. The maximum Gasteiger partial charge on any atom is 0.244 e. The molecule has 0 N–H and O–H groups in total. The van der Waals surface area contributed by atoms with Crippen molar-refractivity contribution in [3.8, 4) is 0 Å². The molecule has 2 unspecified atom stereocenters. The first-order chi connectivity index (χ1) is 12.8. The maximum atomic E-state index is 13.5. The van der Waals surface area contributed by atoms with Crippen molar-refractivity contribution in [2.45, 2.75) is 70.7 Å². The van der Waals surface area contributed by atoms with Gasteiger partial charge in [-0.2, -0.15) is 4.31 Å². The fraction of sp³-hybridized carbons (Fsp3) is 0.667. The van der Waals surface area contributed by atoms with E-state index in [-0.39, 0.29) is 5.91 Å². The average molecular weight is 393 g/mol. The van der Waals surface area contributed by atoms with E-state index < -0.39 is 16.1 Å². The summed E-state index contributed by atoms with van der Waals surface area (Å²) in [5.74, 6) is 0.535. The van der Waals surface area contributed by atoms with Gasteiger partial charge in [-0.15, -0.1) is 0 Å². The van der Waals surface area contributed by atoms with Crippen LogP contribution >= 0.6 is 0 Å². The Bertz CT molecular complexity index is 796. The molecule has 1 aromatic carbocycles. The summed E-state index contributed by atoms with van der Waals surface area (Å²) in [6, 6.07) is 3.26. The highest BCUT2D eigenvalue weighted by Crippen LogP contribution is 2.32. The summed E-state index contributed by atoms with van der Waals surface area (Å²) >= 11 is 0. The molecule has 2 fully saturated rings. The van der Waals surface area contributed by atoms with E-state index in [0.717, 1.165) is 55.5 Å². The largest absolute Gasteiger partial charge is 0.341 e. The third-order valence-corrected chi connectivity index (χ3v) is 8.28. The minimum atomic E-state index is -3.68. The Balaban J connectivity index is 1.88. The lowest BCUT2D eigenvalue weighted by atomic mass is 9.95. The van der Waals surface area contributed by atoms with Crippen LogP contribution in [-0.4, -0.2) is 49.2 Å². The molecule has 2 aliphatic heterocycles. The number of benzene rings is 1. The highest BCUT2D eigenvalue weighted by molar-refractivity contribution is 7.89. The highest BCUT2D eigenvalue weighted by Gasteiger charge is 2.42. The average Bonchev–Trinajstić information content (AvgIpc) is 3.10. The summed E-state index contributed by atoms with van der Waals surface area (Å²) < 4.78 is 28.4. The van der Waals surface area contributed by atoms with E-state index in [0.29, 0.717) is 23.8 Å². The van der Waals surface area contributed by atoms with Crippen LogP contribution in [0.2, 0.25) is 0 Å². The highest BCUT2D eigenvalue weighted by atomic mass is 32.2. The minimum absolute atomic E-state index is 0.00311. The number of nitrogens with zero attached hydrogens (tertiary/aromatic N) is 2. The zero-order valence-corrected chi connectivity index (χ0v) is 17.8. The zero-order chi connectivity index (χ0) is 19.8. The second-order valence-electron chi connectivity index (χ2n) is 8.20. The van der Waals surface area contributed by atoms with Gasteiger partial charge in [0.25, 0.3) is 0 Å². The Morgan fingerprint density at radius 3 is 2.33 bits per heavy atom. The Labute approximate surface area is 163 Å². The van der Waals surface area contributed by atoms with Gasteiger partial charge in [-0.05, 0) is 63.5 Å². The van der Waals surface area contributed by atoms with Gasteiger partial charge in [0, 0.05) is 19.6 Å². The molecular formula is C21H32N2O3S. The van der Waals surface area contributed by atoms with Gasteiger partial charge in [-0.3, -0.25) is 4.79 Å². The van der Waals surface area contributed by atoms with E-state index in [2.05, 4.69) is 6.92 Å². The van der Waals surface area contributed by atoms with Crippen LogP contribution in [0.4, 0.5) is 0 Å². The van der Waals surface area contributed by atoms with E-state index in [4.69, 9.17) is 0 Å². The van der Waals surface area contributed by atoms with Gasteiger partial charge in [0.2, 0.25) is 15.9 Å². The van der Waals surface area contributed by atoms with Gasteiger partial charge in [0.05, 0.1) is 4.90 Å². The number of amides is 1. The smallest absolute Gasteiger partial charge is 0.244 e. The van der Waals surface area contributed by atoms with E-state index in [9.17, 15) is 13.2 Å². The van der Waals surface area contributed by atoms with E-state index in [1.165, 1.54) is 4.31 Å². The van der Waals surface area contributed by atoms with Gasteiger partial charge in [-0.1, -0.05) is 31.0 Å². The first-order valence-electron chi connectivity index (χ1n) is 10.1. The van der Waals surface area contributed by atoms with Crippen molar-refractivity contribution in [1.29, 1.82) is 0 Å². The van der Waals surface area contributed by atoms with Gasteiger partial charge in [-0.25, -0.2) is 8.42 Å². The quantitative estimate of drug-likeness (QED) is 0.789. The normalized spacial score (nSPS) is 24.4. The summed E-state index contributed by atoms with van der Waals surface area (Å²) in [5, 5.41) is 0. The van der Waals surface area contributed by atoms with Gasteiger partial charge >= 0.3 is 0 Å². The predicted octanol–water partition coefficient (Wildman–Crippen LogP) is 3.41. The molecule has 1 aromatic rings. The fourth-order valence-electron chi connectivity index (χ4n) is 4.77. The van der Waals surface area contributed by atoms with E-state index in [1.54, 1.807) is 0 Å². The van der Waals surface area contributed by atoms with E-state index >= 15 is 0 Å². The van der Waals surface area contributed by atoms with E-state index in [1.807, 2.05) is 37.8 Å². The summed E-state index contributed by atoms with van der Waals surface area (Å²) in [4.78, 5) is 15.5. The predicted molar refractivity (Wildman–Crippen MR) is 107 cm³/mol. The van der Waals surface area contributed by atoms with Crippen LogP contribution < -0.4 is 0 Å². The lowest BCUT2D eigenvalue weighted by Gasteiger charge is -2.35. The minimum Gasteiger partial charge on any atom is -0.341 e. The summed E-state index contributed by atoms with van der Waals surface area (Å²) in [6.45, 7) is 9.76. The molecule has 2 heterocycles. The van der Waals surface area contributed by atoms with Gasteiger partial charge < -0.3 is 4.90 Å². The van der Waals surface area contributed by atoms with Crippen LogP contribution in [0.5, 0.6) is 0 Å². The Morgan fingerprint density at radius 1 is 1.07 bits per heavy atom. The Morgan fingerprint density at radius 2 is 1.70 bits per heavy atom. The molecule has 3 rings (SSSR count). The number of carbonyl (C=O) groups excluding carboxylic acids is 1. The van der Waals surface area contributed by atoms with Crippen LogP contribution in [0.15, 0.2) is 17.0 Å². The van der Waals surface area contributed by atoms with Crippen LogP contribution in [-0.2, 0) is 14.8 Å². The van der Waals surface area contributed by atoms with Crippen molar-refractivity contribution in [3.63, 3.8) is 0 Å². The first kappa shape index (κ1) is 20.3. The number of hydrogen-bond donors (Lipinski definition) is 0. The Hall–Kier alpha value is -1.40. The second kappa shape index (κ2) is 7.92. The van der Waals surface area contributed by atoms with Crippen molar-refractivity contribution < 1.29 is 13.2 Å². The van der Waals surface area contributed by atoms with Crippen molar-refractivity contribution >= 4 is 15.9 Å². The number of carbonyl (C=O) groups is 1. The number of likely N-dealkylation sites (tertiary alicyclic amines) is 1. The van der Waals surface area contributed by atoms with Crippen LogP contribution in [0, 0.1) is 26.7 Å². The molecule has 150 valence electrons. The lowest BCUT2D eigenvalue weighted by Crippen LogP contribution is -2.50. The molecule has 1 amide bonds. The molecular weight excluding hydrogens is 360 g/mol. The monoisotopic (exact) mass is 392 g/mol. The molecule has 2 aliphatic rings. The summed E-state index contributed by atoms with van der Waals surface area (Å²) in [5.41, 5.74) is 2.57. The molecule has 27 heavy (non-hydrogen) atoms. The molecule has 0 saturated carbocycles. The third kappa shape index (κ3) is 3.92. The topological polar surface area (TPSA) is 57.7 Å². The van der Waals surface area contributed by atoms with Gasteiger partial charge in [0.15, 0.2) is 0 Å². The molecule has 5 nitrogen and oxygen atoms in total. The number of sulfonamides is 1. The van der Waals surface area contributed by atoms with Crippen molar-refractivity contribution in [3.05, 3.63) is 28.8 Å². The molecule has 0 spiro atoms. The number of rotatable bonds is 4.